The quantitative estimate of drug-likeness (QED) is 0.742. The van der Waals surface area contributed by atoms with E-state index in [4.69, 9.17) is 9.47 Å². The molecule has 4 nitrogen and oxygen atoms in total. The summed E-state index contributed by atoms with van der Waals surface area (Å²) < 4.78 is 38.6. The lowest BCUT2D eigenvalue weighted by molar-refractivity contribution is 0.0453. The lowest BCUT2D eigenvalue weighted by atomic mass is 9.98. The van der Waals surface area contributed by atoms with Gasteiger partial charge in [0.1, 0.15) is 5.60 Å². The van der Waals surface area contributed by atoms with Crippen LogP contribution in [0.25, 0.3) is 0 Å². The highest BCUT2D eigenvalue weighted by Crippen LogP contribution is 2.39. The van der Waals surface area contributed by atoms with E-state index >= 15 is 0 Å². The van der Waals surface area contributed by atoms with Crippen LogP contribution in [0, 0.1) is 17.6 Å². The van der Waals surface area contributed by atoms with Crippen molar-refractivity contribution in [2.75, 3.05) is 19.7 Å². The van der Waals surface area contributed by atoms with E-state index in [1.807, 2.05) is 6.92 Å². The zero-order valence-electron chi connectivity index (χ0n) is 13.5. The molecule has 1 aliphatic heterocycles. The Balaban J connectivity index is 1.46. The lowest BCUT2D eigenvalue weighted by Gasteiger charge is -2.32. The summed E-state index contributed by atoms with van der Waals surface area (Å²) in [5.74, 6) is -1.63. The summed E-state index contributed by atoms with van der Waals surface area (Å²) in [5, 5.41) is 0. The molecule has 1 aromatic carbocycles. The van der Waals surface area contributed by atoms with Gasteiger partial charge >= 0.3 is 6.09 Å². The molecule has 0 spiro atoms. The van der Waals surface area contributed by atoms with Gasteiger partial charge in [-0.2, -0.15) is 0 Å². The fourth-order valence-electron chi connectivity index (χ4n) is 2.70. The van der Waals surface area contributed by atoms with Gasteiger partial charge in [-0.3, -0.25) is 0 Å². The maximum absolute atomic E-state index is 13.7. The molecule has 1 aliphatic carbocycles. The predicted octanol–water partition coefficient (Wildman–Crippen LogP) is 4.51. The van der Waals surface area contributed by atoms with Crippen molar-refractivity contribution in [1.82, 2.24) is 4.90 Å². The Morgan fingerprint density at radius 2 is 1.88 bits per heavy atom. The standard InChI is InChI=1S/C17H20BrF2NO3/c1-17(4-5-17)24-16(22)21-6-2-11(3-7-21)10-23-15-13(19)8-12(18)9-14(15)20/h8-9,11H,2-7,10H2,1H3. The first-order valence-electron chi connectivity index (χ1n) is 8.11. The van der Waals surface area contributed by atoms with Crippen LogP contribution in [-0.4, -0.2) is 36.3 Å². The minimum absolute atomic E-state index is 0.160. The average molecular weight is 404 g/mol. The molecule has 0 unspecified atom stereocenters. The number of benzene rings is 1. The van der Waals surface area contributed by atoms with Crippen LogP contribution in [-0.2, 0) is 4.74 Å². The molecule has 1 heterocycles. The van der Waals surface area contributed by atoms with E-state index in [1.165, 1.54) is 12.1 Å². The van der Waals surface area contributed by atoms with Crippen LogP contribution in [0.15, 0.2) is 16.6 Å². The normalized spacial score (nSPS) is 19.9. The van der Waals surface area contributed by atoms with E-state index in [-0.39, 0.29) is 30.0 Å². The molecule has 0 N–H and O–H groups in total. The summed E-state index contributed by atoms with van der Waals surface area (Å²) in [7, 11) is 0. The highest BCUT2D eigenvalue weighted by molar-refractivity contribution is 9.10. The molecule has 1 saturated heterocycles. The Morgan fingerprint density at radius 1 is 1.29 bits per heavy atom. The minimum atomic E-state index is -0.722. The van der Waals surface area contributed by atoms with Crippen molar-refractivity contribution >= 4 is 22.0 Å². The predicted molar refractivity (Wildman–Crippen MR) is 88.0 cm³/mol. The van der Waals surface area contributed by atoms with Gasteiger partial charge in [-0.05, 0) is 50.7 Å². The van der Waals surface area contributed by atoms with Crippen molar-refractivity contribution in [3.63, 3.8) is 0 Å². The third-order valence-electron chi connectivity index (χ3n) is 4.59. The molecule has 0 aromatic heterocycles. The highest BCUT2D eigenvalue weighted by Gasteiger charge is 2.43. The van der Waals surface area contributed by atoms with Gasteiger partial charge in [-0.25, -0.2) is 13.6 Å². The van der Waals surface area contributed by atoms with Crippen molar-refractivity contribution in [2.45, 2.75) is 38.2 Å². The number of likely N-dealkylation sites (tertiary alicyclic amines) is 1. The second kappa shape index (κ2) is 6.86. The number of hydrogen-bond donors (Lipinski definition) is 0. The number of carbonyl (C=O) groups is 1. The van der Waals surface area contributed by atoms with E-state index in [2.05, 4.69) is 15.9 Å². The van der Waals surface area contributed by atoms with Gasteiger partial charge in [0.05, 0.1) is 6.61 Å². The van der Waals surface area contributed by atoms with Gasteiger partial charge in [0.25, 0.3) is 0 Å². The molecule has 1 amide bonds. The van der Waals surface area contributed by atoms with E-state index in [9.17, 15) is 13.6 Å². The van der Waals surface area contributed by atoms with Gasteiger partial charge < -0.3 is 14.4 Å². The van der Waals surface area contributed by atoms with Gasteiger partial charge in [-0.1, -0.05) is 15.9 Å². The third-order valence-corrected chi connectivity index (χ3v) is 5.04. The number of amides is 1. The SMILES string of the molecule is CC1(OC(=O)N2CCC(COc3c(F)cc(Br)cc3F)CC2)CC1. The Morgan fingerprint density at radius 3 is 2.42 bits per heavy atom. The Bertz CT molecular complexity index is 605. The molecular formula is C17H20BrF2NO3. The molecule has 0 bridgehead atoms. The number of halogens is 3. The molecule has 0 radical (unpaired) electrons. The number of carbonyl (C=O) groups excluding carboxylic acids is 1. The Kier molecular flexibility index (Phi) is 4.99. The van der Waals surface area contributed by atoms with Gasteiger partial charge in [-0.15, -0.1) is 0 Å². The molecule has 24 heavy (non-hydrogen) atoms. The minimum Gasteiger partial charge on any atom is -0.487 e. The average Bonchev–Trinajstić information content (AvgIpc) is 3.23. The maximum atomic E-state index is 13.7. The lowest BCUT2D eigenvalue weighted by Crippen LogP contribution is -2.41. The third kappa shape index (κ3) is 4.18. The number of rotatable bonds is 4. The number of ether oxygens (including phenoxy) is 2. The van der Waals surface area contributed by atoms with E-state index in [1.54, 1.807) is 4.90 Å². The van der Waals surface area contributed by atoms with Crippen LogP contribution in [0.2, 0.25) is 0 Å². The van der Waals surface area contributed by atoms with Crippen LogP contribution >= 0.6 is 15.9 Å². The highest BCUT2D eigenvalue weighted by atomic mass is 79.9. The maximum Gasteiger partial charge on any atom is 0.410 e. The summed E-state index contributed by atoms with van der Waals surface area (Å²) in [6.07, 6.45) is 3.04. The molecule has 0 atom stereocenters. The molecule has 3 rings (SSSR count). The van der Waals surface area contributed by atoms with Crippen LogP contribution in [0.4, 0.5) is 13.6 Å². The monoisotopic (exact) mass is 403 g/mol. The van der Waals surface area contributed by atoms with Crippen molar-refractivity contribution in [3.8, 4) is 5.75 Å². The Hall–Kier alpha value is -1.37. The molecule has 2 aliphatic rings. The molecule has 132 valence electrons. The molecular weight excluding hydrogens is 384 g/mol. The topological polar surface area (TPSA) is 38.8 Å². The van der Waals surface area contributed by atoms with Crippen LogP contribution < -0.4 is 4.74 Å². The smallest absolute Gasteiger partial charge is 0.410 e. The van der Waals surface area contributed by atoms with Crippen LogP contribution in [0.1, 0.15) is 32.6 Å². The first kappa shape index (κ1) is 17.5. The second-order valence-electron chi connectivity index (χ2n) is 6.76. The number of piperidine rings is 1. The van der Waals surface area contributed by atoms with Gasteiger partial charge in [0, 0.05) is 17.6 Å². The van der Waals surface area contributed by atoms with Crippen LogP contribution in [0.3, 0.4) is 0 Å². The molecule has 7 heteroatoms. The van der Waals surface area contributed by atoms with E-state index < -0.39 is 11.6 Å². The second-order valence-corrected chi connectivity index (χ2v) is 7.67. The van der Waals surface area contributed by atoms with Gasteiger partial charge in [0.15, 0.2) is 17.4 Å². The fraction of sp³-hybridized carbons (Fsp3) is 0.588. The largest absolute Gasteiger partial charge is 0.487 e. The number of hydrogen-bond acceptors (Lipinski definition) is 3. The first-order chi connectivity index (χ1) is 11.4. The number of nitrogens with zero attached hydrogens (tertiary/aromatic N) is 1. The summed E-state index contributed by atoms with van der Waals surface area (Å²) in [4.78, 5) is 13.7. The van der Waals surface area contributed by atoms with Crippen molar-refractivity contribution < 1.29 is 23.0 Å². The first-order valence-corrected chi connectivity index (χ1v) is 8.91. The van der Waals surface area contributed by atoms with Gasteiger partial charge in [0.2, 0.25) is 0 Å². The summed E-state index contributed by atoms with van der Waals surface area (Å²) in [5.41, 5.74) is -0.270. The zero-order valence-corrected chi connectivity index (χ0v) is 15.1. The molecule has 1 saturated carbocycles. The van der Waals surface area contributed by atoms with E-state index in [0.29, 0.717) is 17.6 Å². The summed E-state index contributed by atoms with van der Waals surface area (Å²) in [6.45, 7) is 3.32. The zero-order chi connectivity index (χ0) is 17.3. The van der Waals surface area contributed by atoms with Crippen LogP contribution in [0.5, 0.6) is 5.75 Å². The molecule has 2 fully saturated rings. The summed E-state index contributed by atoms with van der Waals surface area (Å²) >= 11 is 3.04. The Labute approximate surface area is 148 Å². The summed E-state index contributed by atoms with van der Waals surface area (Å²) in [6, 6.07) is 2.35. The van der Waals surface area contributed by atoms with Crippen molar-refractivity contribution in [2.24, 2.45) is 5.92 Å². The molecule has 1 aromatic rings. The van der Waals surface area contributed by atoms with Crippen molar-refractivity contribution in [3.05, 3.63) is 28.2 Å². The van der Waals surface area contributed by atoms with Crippen molar-refractivity contribution in [1.29, 1.82) is 0 Å². The fourth-order valence-corrected chi connectivity index (χ4v) is 3.11. The van der Waals surface area contributed by atoms with E-state index in [0.717, 1.165) is 25.7 Å².